The predicted octanol–water partition coefficient (Wildman–Crippen LogP) is 1.52. The molecule has 1 aromatic rings. The number of para-hydroxylation sites is 1. The second-order valence-electron chi connectivity index (χ2n) is 2.39. The molecular formula is C9H7N3O2. The Labute approximate surface area is 79.9 Å². The maximum absolute atomic E-state index is 11.2. The zero-order chi connectivity index (χ0) is 10.4. The summed E-state index contributed by atoms with van der Waals surface area (Å²) in [5, 5.41) is 11.4. The lowest BCUT2D eigenvalue weighted by Gasteiger charge is -2.00. The van der Waals surface area contributed by atoms with Gasteiger partial charge in [0.25, 0.3) is 5.91 Å². The summed E-state index contributed by atoms with van der Waals surface area (Å²) in [5.74, 6) is 0.912. The Balaban J connectivity index is 2.76. The van der Waals surface area contributed by atoms with E-state index in [4.69, 9.17) is 5.41 Å². The van der Waals surface area contributed by atoms with E-state index in [1.54, 1.807) is 36.2 Å². The number of carbonyl (C=O) groups is 1. The molecule has 1 aromatic carbocycles. The van der Waals surface area contributed by atoms with Crippen LogP contribution in [-0.4, -0.2) is 11.8 Å². The van der Waals surface area contributed by atoms with Crippen molar-refractivity contribution in [1.29, 1.82) is 5.41 Å². The number of carbonyl (C=O) groups excluding carboxylic acids is 1. The van der Waals surface area contributed by atoms with E-state index in [0.29, 0.717) is 5.69 Å². The van der Waals surface area contributed by atoms with Gasteiger partial charge in [0.2, 0.25) is 5.70 Å². The van der Waals surface area contributed by atoms with Crippen molar-refractivity contribution in [2.45, 2.75) is 0 Å². The van der Waals surface area contributed by atoms with Crippen molar-refractivity contribution in [3.63, 3.8) is 0 Å². The van der Waals surface area contributed by atoms with E-state index in [9.17, 15) is 9.70 Å². The summed E-state index contributed by atoms with van der Waals surface area (Å²) in [4.78, 5) is 21.2. The fraction of sp³-hybridized carbons (Fsp3) is 0. The Morgan fingerprint density at radius 2 is 2.00 bits per heavy atom. The molecule has 0 aliphatic rings. The zero-order valence-corrected chi connectivity index (χ0v) is 7.15. The van der Waals surface area contributed by atoms with Gasteiger partial charge in [0.1, 0.15) is 0 Å². The molecule has 0 aliphatic carbocycles. The zero-order valence-electron chi connectivity index (χ0n) is 7.15. The smallest absolute Gasteiger partial charge is 0.287 e. The van der Waals surface area contributed by atoms with Crippen LogP contribution in [0.2, 0.25) is 0 Å². The monoisotopic (exact) mass is 189 g/mol. The highest BCUT2D eigenvalue weighted by Gasteiger charge is 2.09. The van der Waals surface area contributed by atoms with Crippen molar-refractivity contribution in [1.82, 2.24) is 0 Å². The van der Waals surface area contributed by atoms with Crippen LogP contribution in [0.1, 0.15) is 0 Å². The summed E-state index contributed by atoms with van der Waals surface area (Å²) in [5.41, 5.74) is -0.0391. The average Bonchev–Trinajstić information content (AvgIpc) is 2.21. The molecule has 1 rings (SSSR count). The molecule has 0 unspecified atom stereocenters. The second-order valence-corrected chi connectivity index (χ2v) is 2.39. The largest absolute Gasteiger partial charge is 0.320 e. The highest BCUT2D eigenvalue weighted by atomic mass is 16.3. The summed E-state index contributed by atoms with van der Waals surface area (Å²) >= 11 is 0. The standard InChI is InChI=1S/C9H7N3O2/c10-6-8(12-14)9(13)11-7-4-2-1-3-5-7/h1-5,10H,(H,11,13). The van der Waals surface area contributed by atoms with E-state index in [2.05, 4.69) is 10.5 Å². The van der Waals surface area contributed by atoms with E-state index >= 15 is 0 Å². The fourth-order valence-electron chi connectivity index (χ4n) is 0.833. The van der Waals surface area contributed by atoms with Gasteiger partial charge in [-0.25, -0.2) is 0 Å². The molecule has 0 atom stereocenters. The fourth-order valence-corrected chi connectivity index (χ4v) is 0.833. The number of amides is 1. The van der Waals surface area contributed by atoms with E-state index < -0.39 is 11.6 Å². The molecule has 5 heteroatoms. The molecule has 14 heavy (non-hydrogen) atoms. The SMILES string of the molecule is N=C=C(N=O)C(=O)Nc1ccccc1. The normalized spacial score (nSPS) is 8.57. The molecule has 5 nitrogen and oxygen atoms in total. The van der Waals surface area contributed by atoms with E-state index in [1.807, 2.05) is 0 Å². The molecule has 0 heterocycles. The van der Waals surface area contributed by atoms with Gasteiger partial charge in [0.05, 0.1) is 0 Å². The van der Waals surface area contributed by atoms with Crippen LogP contribution < -0.4 is 5.32 Å². The molecular weight excluding hydrogens is 182 g/mol. The van der Waals surface area contributed by atoms with Crippen LogP contribution in [0.4, 0.5) is 5.69 Å². The number of hydrogen-bond donors (Lipinski definition) is 2. The maximum atomic E-state index is 11.2. The molecule has 0 bridgehead atoms. The average molecular weight is 189 g/mol. The summed E-state index contributed by atoms with van der Waals surface area (Å²) in [7, 11) is 0. The Hall–Kier alpha value is -2.26. The molecule has 2 N–H and O–H groups in total. The third-order valence-electron chi connectivity index (χ3n) is 1.46. The number of nitrogens with zero attached hydrogens (tertiary/aromatic N) is 1. The van der Waals surface area contributed by atoms with Crippen LogP contribution in [0.3, 0.4) is 0 Å². The predicted molar refractivity (Wildman–Crippen MR) is 52.1 cm³/mol. The van der Waals surface area contributed by atoms with Gasteiger partial charge >= 0.3 is 0 Å². The van der Waals surface area contributed by atoms with Gasteiger partial charge in [-0.2, -0.15) is 0 Å². The molecule has 0 saturated heterocycles. The lowest BCUT2D eigenvalue weighted by molar-refractivity contribution is -0.112. The molecule has 0 saturated carbocycles. The number of anilines is 1. The third-order valence-corrected chi connectivity index (χ3v) is 1.46. The van der Waals surface area contributed by atoms with Gasteiger partial charge in [-0.05, 0) is 17.3 Å². The molecule has 0 fully saturated rings. The topological polar surface area (TPSA) is 82.4 Å². The summed E-state index contributed by atoms with van der Waals surface area (Å²) in [6.45, 7) is 0. The highest BCUT2D eigenvalue weighted by molar-refractivity contribution is 6.08. The van der Waals surface area contributed by atoms with E-state index in [1.165, 1.54) is 0 Å². The number of nitroso groups, excluding NO2 is 1. The lowest BCUT2D eigenvalue weighted by Crippen LogP contribution is -2.13. The first-order valence-electron chi connectivity index (χ1n) is 3.77. The Kier molecular flexibility index (Phi) is 3.29. The van der Waals surface area contributed by atoms with Crippen LogP contribution in [0.5, 0.6) is 0 Å². The summed E-state index contributed by atoms with van der Waals surface area (Å²) in [6.07, 6.45) is 0. The molecule has 0 aliphatic heterocycles. The molecule has 0 radical (unpaired) electrons. The molecule has 0 spiro atoms. The van der Waals surface area contributed by atoms with Gasteiger partial charge in [-0.1, -0.05) is 18.2 Å². The molecule has 1 amide bonds. The van der Waals surface area contributed by atoms with Crippen molar-refractivity contribution >= 4 is 17.5 Å². The summed E-state index contributed by atoms with van der Waals surface area (Å²) < 4.78 is 0. The minimum absolute atomic E-state index is 0.536. The minimum atomic E-state index is -0.735. The third kappa shape index (κ3) is 2.36. The Morgan fingerprint density at radius 3 is 2.50 bits per heavy atom. The second kappa shape index (κ2) is 4.69. The van der Waals surface area contributed by atoms with Gasteiger partial charge < -0.3 is 5.32 Å². The van der Waals surface area contributed by atoms with Crippen molar-refractivity contribution < 1.29 is 4.79 Å². The van der Waals surface area contributed by atoms with E-state index in [-0.39, 0.29) is 0 Å². The quantitative estimate of drug-likeness (QED) is 0.429. The van der Waals surface area contributed by atoms with Gasteiger partial charge in [0, 0.05) is 11.6 Å². The molecule has 70 valence electrons. The van der Waals surface area contributed by atoms with E-state index in [0.717, 1.165) is 0 Å². The number of hydrogen-bond acceptors (Lipinski definition) is 4. The first-order chi connectivity index (χ1) is 6.77. The van der Waals surface area contributed by atoms with Crippen molar-refractivity contribution in [3.8, 4) is 0 Å². The Bertz CT molecular complexity index is 394. The first kappa shape index (κ1) is 9.83. The summed E-state index contributed by atoms with van der Waals surface area (Å²) in [6, 6.07) is 8.57. The highest BCUT2D eigenvalue weighted by Crippen LogP contribution is 2.06. The van der Waals surface area contributed by atoms with Crippen LogP contribution in [0.15, 0.2) is 41.2 Å². The minimum Gasteiger partial charge on any atom is -0.320 e. The lowest BCUT2D eigenvalue weighted by atomic mass is 10.3. The van der Waals surface area contributed by atoms with Crippen molar-refractivity contribution in [3.05, 3.63) is 40.9 Å². The first-order valence-corrected chi connectivity index (χ1v) is 3.77. The van der Waals surface area contributed by atoms with Crippen molar-refractivity contribution in [2.24, 2.45) is 5.18 Å². The maximum Gasteiger partial charge on any atom is 0.287 e. The Morgan fingerprint density at radius 1 is 1.36 bits per heavy atom. The van der Waals surface area contributed by atoms with Crippen LogP contribution >= 0.6 is 0 Å². The van der Waals surface area contributed by atoms with Gasteiger partial charge in [-0.15, -0.1) is 4.91 Å². The van der Waals surface area contributed by atoms with Crippen LogP contribution in [0, 0.1) is 10.3 Å². The van der Waals surface area contributed by atoms with Gasteiger partial charge in [-0.3, -0.25) is 10.2 Å². The number of benzene rings is 1. The molecule has 0 aromatic heterocycles. The van der Waals surface area contributed by atoms with Crippen molar-refractivity contribution in [2.75, 3.05) is 5.32 Å². The van der Waals surface area contributed by atoms with Crippen LogP contribution in [0.25, 0.3) is 0 Å². The van der Waals surface area contributed by atoms with Crippen LogP contribution in [-0.2, 0) is 4.79 Å². The number of rotatable bonds is 3. The van der Waals surface area contributed by atoms with Gasteiger partial charge in [0.15, 0.2) is 0 Å². The number of nitrogens with one attached hydrogen (secondary N) is 2.